The first-order valence-electron chi connectivity index (χ1n) is 4.25. The third kappa shape index (κ3) is 1.82. The number of nitrogens with zero attached hydrogens (tertiary/aromatic N) is 3. The minimum Gasteiger partial charge on any atom is -0.320 e. The van der Waals surface area contributed by atoms with Gasteiger partial charge in [0, 0.05) is 9.77 Å². The zero-order chi connectivity index (χ0) is 11.0. The highest BCUT2D eigenvalue weighted by molar-refractivity contribution is 14.1. The van der Waals surface area contributed by atoms with E-state index in [2.05, 4.69) is 38.5 Å². The molecule has 5 heteroatoms. The van der Waals surface area contributed by atoms with Crippen LogP contribution in [0, 0.1) is 22.8 Å². The Kier molecular flexibility index (Phi) is 2.85. The molecule has 0 bridgehead atoms. The number of hydrogen-bond acceptors (Lipinski definition) is 2. The molecule has 0 fully saturated rings. The molecule has 76 valence electrons. The van der Waals surface area contributed by atoms with E-state index in [0.717, 1.165) is 14.6 Å². The van der Waals surface area contributed by atoms with Crippen LogP contribution >= 0.6 is 34.2 Å². The molecule has 0 saturated carbocycles. The van der Waals surface area contributed by atoms with E-state index in [1.807, 2.05) is 17.7 Å². The molecule has 15 heavy (non-hydrogen) atoms. The first-order valence-corrected chi connectivity index (χ1v) is 5.71. The second-order valence-electron chi connectivity index (χ2n) is 3.07. The summed E-state index contributed by atoms with van der Waals surface area (Å²) in [6.07, 6.45) is 7.22. The molecule has 0 atom stereocenters. The van der Waals surface area contributed by atoms with Gasteiger partial charge < -0.3 is 4.57 Å². The number of fused-ring (bicyclic) bond motifs is 1. The van der Waals surface area contributed by atoms with Crippen molar-refractivity contribution in [1.82, 2.24) is 14.5 Å². The molecule has 0 spiro atoms. The normalized spacial score (nSPS) is 10.5. The number of halogens is 2. The maximum Gasteiger partial charge on any atom is 0.147 e. The molecule has 0 saturated heterocycles. The number of aromatic nitrogens is 3. The summed E-state index contributed by atoms with van der Waals surface area (Å²) in [5, 5.41) is 1.36. The second kappa shape index (κ2) is 3.99. The van der Waals surface area contributed by atoms with Crippen LogP contribution in [0.5, 0.6) is 0 Å². The number of terminal acetylenes is 1. The summed E-state index contributed by atoms with van der Waals surface area (Å²) in [6, 6.07) is 0. The molecule has 0 N–H and O–H groups in total. The fourth-order valence-electron chi connectivity index (χ4n) is 1.42. The lowest BCUT2D eigenvalue weighted by Gasteiger charge is -2.00. The zero-order valence-electron chi connectivity index (χ0n) is 7.96. The third-order valence-electron chi connectivity index (χ3n) is 2.00. The van der Waals surface area contributed by atoms with Crippen LogP contribution in [-0.2, 0) is 6.54 Å². The summed E-state index contributed by atoms with van der Waals surface area (Å²) >= 11 is 8.26. The smallest absolute Gasteiger partial charge is 0.147 e. The molecule has 0 aliphatic carbocycles. The number of rotatable bonds is 1. The van der Waals surface area contributed by atoms with Gasteiger partial charge in [0.15, 0.2) is 0 Å². The Balaban J connectivity index is 2.82. The van der Waals surface area contributed by atoms with Gasteiger partial charge in [0.2, 0.25) is 0 Å². The lowest BCUT2D eigenvalue weighted by molar-refractivity contribution is 0.862. The molecule has 2 aromatic rings. The average Bonchev–Trinajstić information content (AvgIpc) is 2.43. The quantitative estimate of drug-likeness (QED) is 0.457. The highest BCUT2D eigenvalue weighted by Crippen LogP contribution is 2.27. The zero-order valence-corrected chi connectivity index (χ0v) is 10.9. The molecule has 0 radical (unpaired) electrons. The maximum atomic E-state index is 6.06. The van der Waals surface area contributed by atoms with E-state index < -0.39 is 0 Å². The topological polar surface area (TPSA) is 30.7 Å². The maximum absolute atomic E-state index is 6.06. The van der Waals surface area contributed by atoms with Crippen LogP contribution in [0.2, 0.25) is 5.15 Å². The first kappa shape index (κ1) is 10.7. The molecule has 2 heterocycles. The summed E-state index contributed by atoms with van der Waals surface area (Å²) in [6.45, 7) is 2.30. The number of aryl methyl sites for hydroxylation is 1. The summed E-state index contributed by atoms with van der Waals surface area (Å²) in [7, 11) is 0. The molecular weight excluding hydrogens is 324 g/mol. The van der Waals surface area contributed by atoms with Gasteiger partial charge in [-0.2, -0.15) is 0 Å². The lowest BCUT2D eigenvalue weighted by atomic mass is 10.4. The van der Waals surface area contributed by atoms with Crippen LogP contribution in [0.25, 0.3) is 11.0 Å². The monoisotopic (exact) mass is 331 g/mol. The molecule has 0 aliphatic heterocycles. The van der Waals surface area contributed by atoms with E-state index >= 15 is 0 Å². The summed E-state index contributed by atoms with van der Waals surface area (Å²) < 4.78 is 2.92. The Hall–Kier alpha value is -0.800. The van der Waals surface area contributed by atoms with Crippen molar-refractivity contribution in [3.05, 3.63) is 20.7 Å². The van der Waals surface area contributed by atoms with Gasteiger partial charge in [-0.1, -0.05) is 17.5 Å². The highest BCUT2D eigenvalue weighted by Gasteiger charge is 2.12. The Bertz CT molecular complexity index is 568. The van der Waals surface area contributed by atoms with Crippen molar-refractivity contribution in [2.45, 2.75) is 13.5 Å². The van der Waals surface area contributed by atoms with Crippen LogP contribution in [0.1, 0.15) is 5.82 Å². The van der Waals surface area contributed by atoms with Crippen LogP contribution in [0.3, 0.4) is 0 Å². The molecule has 0 amide bonds. The van der Waals surface area contributed by atoms with E-state index in [1.165, 1.54) is 0 Å². The van der Waals surface area contributed by atoms with E-state index in [-0.39, 0.29) is 0 Å². The van der Waals surface area contributed by atoms with Crippen LogP contribution in [-0.4, -0.2) is 14.5 Å². The van der Waals surface area contributed by atoms with Gasteiger partial charge in [-0.25, -0.2) is 9.97 Å². The molecule has 0 aliphatic rings. The van der Waals surface area contributed by atoms with Crippen LogP contribution < -0.4 is 0 Å². The summed E-state index contributed by atoms with van der Waals surface area (Å²) in [4.78, 5) is 8.46. The standard InChI is InChI=1S/C10H7ClIN3/c1-3-4-15-5-7(12)8-9(11)13-6(2)14-10(8)15/h1,5H,4H2,2H3. The van der Waals surface area contributed by atoms with E-state index in [1.54, 1.807) is 0 Å². The Labute approximate surface area is 106 Å². The minimum atomic E-state index is 0.484. The fraction of sp³-hybridized carbons (Fsp3) is 0.200. The Morgan fingerprint density at radius 2 is 2.33 bits per heavy atom. The predicted molar refractivity (Wildman–Crippen MR) is 68.8 cm³/mol. The van der Waals surface area contributed by atoms with Crippen LogP contribution in [0.15, 0.2) is 6.20 Å². The lowest BCUT2D eigenvalue weighted by Crippen LogP contribution is -1.97. The van der Waals surface area contributed by atoms with Gasteiger partial charge >= 0.3 is 0 Å². The third-order valence-corrected chi connectivity index (χ3v) is 3.09. The number of hydrogen-bond donors (Lipinski definition) is 0. The minimum absolute atomic E-state index is 0.484. The van der Waals surface area contributed by atoms with E-state index in [0.29, 0.717) is 17.5 Å². The summed E-state index contributed by atoms with van der Waals surface area (Å²) in [5.74, 6) is 3.24. The first-order chi connectivity index (χ1) is 7.13. The van der Waals surface area contributed by atoms with Crippen molar-refractivity contribution in [2.24, 2.45) is 0 Å². The average molecular weight is 332 g/mol. The van der Waals surface area contributed by atoms with E-state index in [4.69, 9.17) is 18.0 Å². The van der Waals surface area contributed by atoms with Gasteiger partial charge in [-0.05, 0) is 29.5 Å². The molecule has 0 aromatic carbocycles. The Morgan fingerprint density at radius 3 is 3.00 bits per heavy atom. The largest absolute Gasteiger partial charge is 0.320 e. The van der Waals surface area contributed by atoms with Crippen molar-refractivity contribution in [3.8, 4) is 12.3 Å². The van der Waals surface area contributed by atoms with E-state index in [9.17, 15) is 0 Å². The summed E-state index contributed by atoms with van der Waals surface area (Å²) in [5.41, 5.74) is 0.801. The van der Waals surface area contributed by atoms with Crippen molar-refractivity contribution in [3.63, 3.8) is 0 Å². The van der Waals surface area contributed by atoms with Crippen LogP contribution in [0.4, 0.5) is 0 Å². The van der Waals surface area contributed by atoms with Gasteiger partial charge in [0.1, 0.15) is 16.6 Å². The molecule has 3 nitrogen and oxygen atoms in total. The second-order valence-corrected chi connectivity index (χ2v) is 4.59. The van der Waals surface area contributed by atoms with Gasteiger partial charge in [0.05, 0.1) is 11.9 Å². The molecule has 2 rings (SSSR count). The van der Waals surface area contributed by atoms with Crippen molar-refractivity contribution in [2.75, 3.05) is 0 Å². The van der Waals surface area contributed by atoms with Crippen molar-refractivity contribution >= 4 is 45.2 Å². The Morgan fingerprint density at radius 1 is 1.60 bits per heavy atom. The SMILES string of the molecule is C#CCn1cc(I)c2c(Cl)nc(C)nc21. The fourth-order valence-corrected chi connectivity index (χ4v) is 2.72. The highest BCUT2D eigenvalue weighted by atomic mass is 127. The molecular formula is C10H7ClIN3. The van der Waals surface area contributed by atoms with Gasteiger partial charge in [-0.3, -0.25) is 0 Å². The predicted octanol–water partition coefficient (Wildman–Crippen LogP) is 2.63. The van der Waals surface area contributed by atoms with Gasteiger partial charge in [0.25, 0.3) is 0 Å². The van der Waals surface area contributed by atoms with Gasteiger partial charge in [-0.15, -0.1) is 6.42 Å². The molecule has 2 aromatic heterocycles. The van der Waals surface area contributed by atoms with Crippen molar-refractivity contribution in [1.29, 1.82) is 0 Å². The van der Waals surface area contributed by atoms with Crippen molar-refractivity contribution < 1.29 is 0 Å². The molecule has 0 unspecified atom stereocenters.